The van der Waals surface area contributed by atoms with E-state index in [1.165, 1.54) is 11.6 Å². The van der Waals surface area contributed by atoms with Gasteiger partial charge in [-0.3, -0.25) is 4.79 Å². The van der Waals surface area contributed by atoms with Crippen molar-refractivity contribution >= 4 is 11.9 Å². The zero-order chi connectivity index (χ0) is 20.9. The van der Waals surface area contributed by atoms with E-state index < -0.39 is 6.09 Å². The van der Waals surface area contributed by atoms with Crippen LogP contribution in [-0.4, -0.2) is 24.5 Å². The zero-order valence-electron chi connectivity index (χ0n) is 17.0. The van der Waals surface area contributed by atoms with Gasteiger partial charge in [-0.15, -0.1) is 0 Å². The smallest absolute Gasteiger partial charge is 0.407 e. The third-order valence-electron chi connectivity index (χ3n) is 4.65. The van der Waals surface area contributed by atoms with Crippen molar-refractivity contribution in [2.45, 2.75) is 45.3 Å². The molecule has 2 rings (SSSR count). The Hall–Kier alpha value is -2.92. The van der Waals surface area contributed by atoms with Crippen LogP contribution in [0.2, 0.25) is 0 Å². The van der Waals surface area contributed by atoms with E-state index in [0.717, 1.165) is 24.0 Å². The van der Waals surface area contributed by atoms with Gasteiger partial charge in [-0.25, -0.2) is 4.79 Å². The fourth-order valence-electron chi connectivity index (χ4n) is 2.95. The quantitative estimate of drug-likeness (QED) is 0.530. The second-order valence-electron chi connectivity index (χ2n) is 6.83. The molecule has 5 heteroatoms. The van der Waals surface area contributed by atoms with Gasteiger partial charge < -0.3 is 15.4 Å². The molecule has 0 heterocycles. The van der Waals surface area contributed by atoms with Crippen molar-refractivity contribution in [3.8, 4) is 0 Å². The standard InChI is InChI=1S/C24H30N2O3/c1-3-16-29-24(28)26-18-21-12-10-20(11-13-21)17-25-22(23(27)4-2)15-14-19-8-6-5-7-9-19/h3,5-13,22,25H,1,4,14-18H2,2H3,(H,26,28)/t22-/m1/s1. The third-order valence-corrected chi connectivity index (χ3v) is 4.65. The first kappa shape index (κ1) is 22.4. The number of Topliss-reactive ketones (excluding diaryl/α,β-unsaturated/α-hetero) is 1. The molecule has 0 aliphatic rings. The van der Waals surface area contributed by atoms with Crippen molar-refractivity contribution in [3.63, 3.8) is 0 Å². The summed E-state index contributed by atoms with van der Waals surface area (Å²) in [4.78, 5) is 23.8. The van der Waals surface area contributed by atoms with E-state index in [0.29, 0.717) is 19.5 Å². The molecule has 0 aliphatic heterocycles. The lowest BCUT2D eigenvalue weighted by atomic mass is 10.0. The van der Waals surface area contributed by atoms with Crippen LogP contribution in [0.15, 0.2) is 67.3 Å². The van der Waals surface area contributed by atoms with Crippen molar-refractivity contribution in [3.05, 3.63) is 83.9 Å². The first-order valence-corrected chi connectivity index (χ1v) is 10.0. The van der Waals surface area contributed by atoms with Gasteiger partial charge in [0.2, 0.25) is 0 Å². The van der Waals surface area contributed by atoms with E-state index >= 15 is 0 Å². The maximum atomic E-state index is 12.3. The Balaban J connectivity index is 1.82. The minimum absolute atomic E-state index is 0.152. The number of ether oxygens (including phenoxy) is 1. The van der Waals surface area contributed by atoms with Crippen LogP contribution in [0.4, 0.5) is 4.79 Å². The maximum Gasteiger partial charge on any atom is 0.407 e. The zero-order valence-corrected chi connectivity index (χ0v) is 17.0. The SMILES string of the molecule is C=CCOC(=O)NCc1ccc(CN[C@H](CCc2ccccc2)C(=O)CC)cc1. The van der Waals surface area contributed by atoms with Crippen LogP contribution >= 0.6 is 0 Å². The number of carbonyl (C=O) groups is 2. The summed E-state index contributed by atoms with van der Waals surface area (Å²) >= 11 is 0. The minimum Gasteiger partial charge on any atom is -0.445 e. The van der Waals surface area contributed by atoms with Gasteiger partial charge in [-0.05, 0) is 29.5 Å². The number of amides is 1. The number of hydrogen-bond donors (Lipinski definition) is 2. The Bertz CT molecular complexity index is 772. The molecule has 0 radical (unpaired) electrons. The maximum absolute atomic E-state index is 12.3. The molecule has 2 aromatic rings. The summed E-state index contributed by atoms with van der Waals surface area (Å²) in [7, 11) is 0. The molecule has 0 bridgehead atoms. The van der Waals surface area contributed by atoms with Gasteiger partial charge in [0.15, 0.2) is 0 Å². The van der Waals surface area contributed by atoms with Crippen molar-refractivity contribution in [1.29, 1.82) is 0 Å². The fourth-order valence-corrected chi connectivity index (χ4v) is 2.95. The lowest BCUT2D eigenvalue weighted by Crippen LogP contribution is -2.36. The second kappa shape index (κ2) is 12.5. The first-order chi connectivity index (χ1) is 14.1. The van der Waals surface area contributed by atoms with Crippen LogP contribution in [0, 0.1) is 0 Å². The number of carbonyl (C=O) groups excluding carboxylic acids is 2. The molecule has 1 amide bonds. The van der Waals surface area contributed by atoms with E-state index in [1.54, 1.807) is 0 Å². The van der Waals surface area contributed by atoms with Crippen LogP contribution in [0.5, 0.6) is 0 Å². The highest BCUT2D eigenvalue weighted by Gasteiger charge is 2.16. The summed E-state index contributed by atoms with van der Waals surface area (Å²) in [5.74, 6) is 0.236. The van der Waals surface area contributed by atoms with Crippen molar-refractivity contribution < 1.29 is 14.3 Å². The van der Waals surface area contributed by atoms with Crippen molar-refractivity contribution in [2.24, 2.45) is 0 Å². The molecule has 0 aliphatic carbocycles. The van der Waals surface area contributed by atoms with Gasteiger partial charge in [0.25, 0.3) is 0 Å². The molecule has 2 N–H and O–H groups in total. The van der Waals surface area contributed by atoms with Gasteiger partial charge in [-0.1, -0.05) is 74.2 Å². The van der Waals surface area contributed by atoms with Crippen LogP contribution in [-0.2, 0) is 29.0 Å². The highest BCUT2D eigenvalue weighted by Crippen LogP contribution is 2.09. The summed E-state index contributed by atoms with van der Waals surface area (Å²) in [6.07, 6.45) is 3.24. The number of hydrogen-bond acceptors (Lipinski definition) is 4. The van der Waals surface area contributed by atoms with Crippen molar-refractivity contribution in [1.82, 2.24) is 10.6 Å². The van der Waals surface area contributed by atoms with E-state index in [9.17, 15) is 9.59 Å². The van der Waals surface area contributed by atoms with Gasteiger partial charge in [-0.2, -0.15) is 0 Å². The number of aryl methyl sites for hydroxylation is 1. The first-order valence-electron chi connectivity index (χ1n) is 10.0. The third kappa shape index (κ3) is 8.32. The Kier molecular flexibility index (Phi) is 9.66. The molecule has 0 saturated heterocycles. The topological polar surface area (TPSA) is 67.4 Å². The number of ketones is 1. The molecule has 0 aromatic heterocycles. The highest BCUT2D eigenvalue weighted by molar-refractivity contribution is 5.83. The lowest BCUT2D eigenvalue weighted by molar-refractivity contribution is -0.120. The molecule has 5 nitrogen and oxygen atoms in total. The minimum atomic E-state index is -0.463. The molecule has 29 heavy (non-hydrogen) atoms. The summed E-state index contributed by atoms with van der Waals surface area (Å²) in [6, 6.07) is 18.0. The van der Waals surface area contributed by atoms with Crippen LogP contribution in [0.3, 0.4) is 0 Å². The van der Waals surface area contributed by atoms with Crippen LogP contribution in [0.25, 0.3) is 0 Å². The number of nitrogens with one attached hydrogen (secondary N) is 2. The number of alkyl carbamates (subject to hydrolysis) is 1. The number of benzene rings is 2. The average molecular weight is 395 g/mol. The molecule has 154 valence electrons. The molecular formula is C24H30N2O3. The fraction of sp³-hybridized carbons (Fsp3) is 0.333. The molecule has 0 saturated carbocycles. The summed E-state index contributed by atoms with van der Waals surface area (Å²) in [6.45, 7) is 6.62. The van der Waals surface area contributed by atoms with E-state index in [1.807, 2.05) is 49.4 Å². The van der Waals surface area contributed by atoms with Crippen LogP contribution in [0.1, 0.15) is 36.5 Å². The molecule has 2 aromatic carbocycles. The predicted octanol–water partition coefficient (Wildman–Crippen LogP) is 4.17. The predicted molar refractivity (Wildman–Crippen MR) is 116 cm³/mol. The summed E-state index contributed by atoms with van der Waals surface area (Å²) < 4.78 is 4.88. The highest BCUT2D eigenvalue weighted by atomic mass is 16.5. The Morgan fingerprint density at radius 3 is 2.28 bits per heavy atom. The molecular weight excluding hydrogens is 364 g/mol. The van der Waals surface area contributed by atoms with Gasteiger partial charge in [0.05, 0.1) is 6.04 Å². The van der Waals surface area contributed by atoms with Gasteiger partial charge >= 0.3 is 6.09 Å². The van der Waals surface area contributed by atoms with E-state index in [-0.39, 0.29) is 18.4 Å². The summed E-state index contributed by atoms with van der Waals surface area (Å²) in [5, 5.41) is 6.09. The van der Waals surface area contributed by atoms with Crippen molar-refractivity contribution in [2.75, 3.05) is 6.61 Å². The summed E-state index contributed by atoms with van der Waals surface area (Å²) in [5.41, 5.74) is 3.32. The van der Waals surface area contributed by atoms with Crippen LogP contribution < -0.4 is 10.6 Å². The Morgan fingerprint density at radius 1 is 1.00 bits per heavy atom. The molecule has 1 atom stereocenters. The lowest BCUT2D eigenvalue weighted by Gasteiger charge is -2.17. The normalized spacial score (nSPS) is 11.5. The average Bonchev–Trinajstić information content (AvgIpc) is 2.77. The monoisotopic (exact) mass is 394 g/mol. The number of rotatable bonds is 12. The van der Waals surface area contributed by atoms with E-state index in [2.05, 4.69) is 29.3 Å². The molecule has 0 spiro atoms. The Morgan fingerprint density at radius 2 is 1.66 bits per heavy atom. The molecule has 0 unspecified atom stereocenters. The Labute approximate surface area is 173 Å². The molecule has 0 fully saturated rings. The largest absolute Gasteiger partial charge is 0.445 e. The van der Waals surface area contributed by atoms with Gasteiger partial charge in [0.1, 0.15) is 12.4 Å². The van der Waals surface area contributed by atoms with Gasteiger partial charge in [0, 0.05) is 19.5 Å². The van der Waals surface area contributed by atoms with E-state index in [4.69, 9.17) is 4.74 Å². The second-order valence-corrected chi connectivity index (χ2v) is 6.83.